The highest BCUT2D eigenvalue weighted by Crippen LogP contribution is 1.73. The quantitative estimate of drug-likeness (QED) is 0.271. The number of quaternary nitrogens is 1. The van der Waals surface area contributed by atoms with E-state index >= 15 is 0 Å². The molecule has 0 atom stereocenters. The molecule has 0 aliphatic heterocycles. The molecule has 0 radical (unpaired) electrons. The van der Waals surface area contributed by atoms with Crippen LogP contribution in [0.3, 0.4) is 0 Å². The lowest BCUT2D eigenvalue weighted by atomic mass is 10.8. The average Bonchev–Trinajstić information content (AvgIpc) is 0.722. The first-order valence-electron chi connectivity index (χ1n) is 1.79. The zero-order chi connectivity index (χ0) is 4.50. The van der Waals surface area contributed by atoms with Gasteiger partial charge >= 0.3 is 0 Å². The van der Waals surface area contributed by atoms with Crippen LogP contribution in [-0.2, 0) is 0 Å². The molecule has 0 spiro atoms. The second-order valence-corrected chi connectivity index (χ2v) is 2.68. The van der Waals surface area contributed by atoms with Crippen molar-refractivity contribution in [2.45, 2.75) is 0 Å². The topological polar surface area (TPSA) is 0 Å². The fraction of sp³-hybridized carbons (Fsp3) is 1.00. The van der Waals surface area contributed by atoms with Crippen LogP contribution in [0.4, 0.5) is 0 Å². The fourth-order valence-corrected chi connectivity index (χ4v) is 0. The Morgan fingerprint density at radius 1 is 0.833 bits per heavy atom. The van der Waals surface area contributed by atoms with E-state index < -0.39 is 0 Å². The van der Waals surface area contributed by atoms with Gasteiger partial charge in [0, 0.05) is 0 Å². The highest BCUT2D eigenvalue weighted by Gasteiger charge is 1.88. The molecule has 0 aliphatic rings. The number of hydrogen-bond donors (Lipinski definition) is 0. The molecule has 0 aromatic carbocycles. The van der Waals surface area contributed by atoms with E-state index in [4.69, 9.17) is 0 Å². The molecule has 0 aromatic heterocycles. The molecule has 2 heteroatoms. The minimum absolute atomic E-state index is 0. The molecule has 0 saturated carbocycles. The van der Waals surface area contributed by atoms with Crippen LogP contribution in [0.15, 0.2) is 0 Å². The predicted octanol–water partition coefficient (Wildman–Crippen LogP) is -1.13. The standard InChI is InChI=1S/C4H12N.H4Si/c1-5(2,3)4;/h1-4H3;1H4/q+1;. The van der Waals surface area contributed by atoms with Gasteiger partial charge in [0.2, 0.25) is 0 Å². The SMILES string of the molecule is C[N+](C)(C)C.[SiH4]. The molecule has 0 saturated heterocycles. The normalized spacial score (nSPS) is 10.0. The molecule has 0 N–H and O–H groups in total. The minimum atomic E-state index is 0. The second kappa shape index (κ2) is 2.37. The molecule has 0 fully saturated rings. The summed E-state index contributed by atoms with van der Waals surface area (Å²) in [6, 6.07) is 0. The maximum Gasteiger partial charge on any atom is 0.0675 e. The zero-order valence-corrected chi connectivity index (χ0v) is 4.45. The maximum atomic E-state index is 2.12. The van der Waals surface area contributed by atoms with Gasteiger partial charge in [0.05, 0.1) is 28.2 Å². The molecule has 40 valence electrons. The molecule has 0 amide bonds. The van der Waals surface area contributed by atoms with Crippen molar-refractivity contribution in [1.82, 2.24) is 0 Å². The van der Waals surface area contributed by atoms with E-state index in [2.05, 4.69) is 28.2 Å². The summed E-state index contributed by atoms with van der Waals surface area (Å²) in [6.07, 6.45) is 0. The third-order valence-electron chi connectivity index (χ3n) is 0. The maximum absolute atomic E-state index is 2.12. The Bertz CT molecular complexity index is 23.0. The third kappa shape index (κ3) is 1350. The Kier molecular flexibility index (Phi) is 3.74. The first-order chi connectivity index (χ1) is 2.00. The number of nitrogens with zero attached hydrogens (tertiary/aromatic N) is 1. The van der Waals surface area contributed by atoms with Crippen LogP contribution in [0.1, 0.15) is 0 Å². The van der Waals surface area contributed by atoms with Crippen molar-refractivity contribution in [1.29, 1.82) is 0 Å². The summed E-state index contributed by atoms with van der Waals surface area (Å²) in [5.41, 5.74) is 0. The molecular weight excluding hydrogens is 90.1 g/mol. The summed E-state index contributed by atoms with van der Waals surface area (Å²) in [7, 11) is 8.50. The largest absolute Gasteiger partial charge is 0.333 e. The van der Waals surface area contributed by atoms with Gasteiger partial charge in [-0.05, 0) is 11.0 Å². The van der Waals surface area contributed by atoms with Crippen molar-refractivity contribution >= 4 is 11.0 Å². The van der Waals surface area contributed by atoms with Crippen LogP contribution < -0.4 is 0 Å². The van der Waals surface area contributed by atoms with Crippen LogP contribution in [0.5, 0.6) is 0 Å². The van der Waals surface area contributed by atoms with Crippen LogP contribution in [-0.4, -0.2) is 43.6 Å². The van der Waals surface area contributed by atoms with Gasteiger partial charge in [-0.15, -0.1) is 0 Å². The zero-order valence-electron chi connectivity index (χ0n) is 4.45. The lowest BCUT2D eigenvalue weighted by Crippen LogP contribution is -2.27. The summed E-state index contributed by atoms with van der Waals surface area (Å²) in [5, 5.41) is 0. The van der Waals surface area contributed by atoms with Crippen LogP contribution in [0.2, 0.25) is 0 Å². The second-order valence-electron chi connectivity index (χ2n) is 2.68. The monoisotopic (exact) mass is 106 g/mol. The van der Waals surface area contributed by atoms with E-state index in [9.17, 15) is 0 Å². The summed E-state index contributed by atoms with van der Waals surface area (Å²) < 4.78 is 1.00. The molecule has 1 nitrogen and oxygen atoms in total. The van der Waals surface area contributed by atoms with Gasteiger partial charge in [-0.2, -0.15) is 0 Å². The van der Waals surface area contributed by atoms with Gasteiger partial charge in [-0.3, -0.25) is 0 Å². The van der Waals surface area contributed by atoms with Gasteiger partial charge in [0.25, 0.3) is 0 Å². The van der Waals surface area contributed by atoms with Crippen molar-refractivity contribution in [2.24, 2.45) is 0 Å². The van der Waals surface area contributed by atoms with Gasteiger partial charge in [-0.1, -0.05) is 0 Å². The van der Waals surface area contributed by atoms with E-state index in [-0.39, 0.29) is 11.0 Å². The molecule has 0 aromatic rings. The number of rotatable bonds is 0. The van der Waals surface area contributed by atoms with Gasteiger partial charge < -0.3 is 4.48 Å². The molecule has 0 heterocycles. The highest BCUT2D eigenvalue weighted by atomic mass is 28.1. The van der Waals surface area contributed by atoms with Crippen molar-refractivity contribution < 1.29 is 4.48 Å². The molecule has 6 heavy (non-hydrogen) atoms. The Labute approximate surface area is 44.6 Å². The third-order valence-corrected chi connectivity index (χ3v) is 0. The Hall–Kier alpha value is 0.177. The first-order valence-corrected chi connectivity index (χ1v) is 1.79. The lowest BCUT2D eigenvalue weighted by Gasteiger charge is -2.14. The van der Waals surface area contributed by atoms with Crippen molar-refractivity contribution in [3.05, 3.63) is 0 Å². The van der Waals surface area contributed by atoms with E-state index in [1.54, 1.807) is 0 Å². The fourth-order valence-electron chi connectivity index (χ4n) is 0. The number of hydrogen-bond acceptors (Lipinski definition) is 0. The van der Waals surface area contributed by atoms with Crippen LogP contribution in [0.25, 0.3) is 0 Å². The van der Waals surface area contributed by atoms with Gasteiger partial charge in [-0.25, -0.2) is 0 Å². The van der Waals surface area contributed by atoms with E-state index in [1.165, 1.54) is 0 Å². The Balaban J connectivity index is 0. The Morgan fingerprint density at radius 2 is 0.833 bits per heavy atom. The van der Waals surface area contributed by atoms with E-state index in [0.29, 0.717) is 0 Å². The molecule has 0 rings (SSSR count). The minimum Gasteiger partial charge on any atom is -0.333 e. The van der Waals surface area contributed by atoms with Crippen molar-refractivity contribution in [3.8, 4) is 0 Å². The summed E-state index contributed by atoms with van der Waals surface area (Å²) >= 11 is 0. The summed E-state index contributed by atoms with van der Waals surface area (Å²) in [6.45, 7) is 0. The first kappa shape index (κ1) is 9.49. The Morgan fingerprint density at radius 3 is 0.833 bits per heavy atom. The molecular formula is C4H16NSi+. The summed E-state index contributed by atoms with van der Waals surface area (Å²) in [5.74, 6) is 0. The van der Waals surface area contributed by atoms with Gasteiger partial charge in [0.1, 0.15) is 0 Å². The van der Waals surface area contributed by atoms with Crippen LogP contribution in [0, 0.1) is 0 Å². The van der Waals surface area contributed by atoms with E-state index in [1.807, 2.05) is 0 Å². The average molecular weight is 106 g/mol. The van der Waals surface area contributed by atoms with E-state index in [0.717, 1.165) is 4.48 Å². The molecule has 0 unspecified atom stereocenters. The smallest absolute Gasteiger partial charge is 0.0675 e. The van der Waals surface area contributed by atoms with Crippen LogP contribution >= 0.6 is 0 Å². The predicted molar refractivity (Wildman–Crippen MR) is 35.3 cm³/mol. The molecule has 0 aliphatic carbocycles. The lowest BCUT2D eigenvalue weighted by molar-refractivity contribution is -0.849. The summed E-state index contributed by atoms with van der Waals surface area (Å²) in [4.78, 5) is 0. The van der Waals surface area contributed by atoms with Gasteiger partial charge in [0.15, 0.2) is 0 Å². The molecule has 0 bridgehead atoms. The van der Waals surface area contributed by atoms with Crippen molar-refractivity contribution in [3.63, 3.8) is 0 Å². The highest BCUT2D eigenvalue weighted by molar-refractivity contribution is 5.75. The van der Waals surface area contributed by atoms with Crippen molar-refractivity contribution in [2.75, 3.05) is 28.2 Å².